The SMILES string of the molecule is NCCCN1CCC(OC(c2ccccc2)c2ccccc2)CC1.O=C(O)c1nc2ccc(NCCCN3CCC(OC(c4ccccc4)c4ccccc4)CC3)nn2n1. The van der Waals surface area contributed by atoms with E-state index in [4.69, 9.17) is 20.3 Å². The fourth-order valence-electron chi connectivity index (χ4n) is 7.94. The van der Waals surface area contributed by atoms with E-state index in [9.17, 15) is 4.79 Å². The topological polar surface area (TPSA) is 143 Å². The molecular formula is C48H58N8O4. The van der Waals surface area contributed by atoms with Crippen LogP contribution in [0.2, 0.25) is 0 Å². The van der Waals surface area contributed by atoms with E-state index in [0.29, 0.717) is 17.6 Å². The molecule has 0 unspecified atom stereocenters. The van der Waals surface area contributed by atoms with Gasteiger partial charge in [0, 0.05) is 32.7 Å². The Morgan fingerprint density at radius 2 is 1.07 bits per heavy atom. The molecule has 0 spiro atoms. The molecule has 2 aliphatic heterocycles. The van der Waals surface area contributed by atoms with Crippen LogP contribution in [0.3, 0.4) is 0 Å². The molecule has 12 nitrogen and oxygen atoms in total. The molecule has 0 amide bonds. The van der Waals surface area contributed by atoms with Gasteiger partial charge in [-0.25, -0.2) is 4.79 Å². The fourth-order valence-corrected chi connectivity index (χ4v) is 7.94. The summed E-state index contributed by atoms with van der Waals surface area (Å²) in [5.74, 6) is -0.782. The van der Waals surface area contributed by atoms with E-state index in [2.05, 4.69) is 139 Å². The standard InChI is InChI=1S/C27H30N6O3.C21H28N2O/c34-27(35)26-29-24-13-12-23(30-33(24)31-26)28-16-7-17-32-18-14-22(15-19-32)36-25(20-8-3-1-4-9-20)21-10-5-2-6-11-21;22-14-7-15-23-16-12-20(13-17-23)24-21(18-8-3-1-4-9-18)19-10-5-2-6-11-19/h1-6,8-13,22,25H,7,14-19H2,(H,28,30)(H,34,35);1-6,8-11,20-21H,7,12-17,22H2. The van der Waals surface area contributed by atoms with Crippen LogP contribution >= 0.6 is 0 Å². The van der Waals surface area contributed by atoms with Gasteiger partial charge in [0.15, 0.2) is 5.65 Å². The van der Waals surface area contributed by atoms with Crippen molar-refractivity contribution in [3.63, 3.8) is 0 Å². The Morgan fingerprint density at radius 1 is 0.633 bits per heavy atom. The molecule has 2 saturated heterocycles. The predicted molar refractivity (Wildman–Crippen MR) is 235 cm³/mol. The van der Waals surface area contributed by atoms with Crippen molar-refractivity contribution < 1.29 is 19.4 Å². The Morgan fingerprint density at radius 3 is 1.48 bits per heavy atom. The van der Waals surface area contributed by atoms with Crippen LogP contribution in [0, 0.1) is 0 Å². The maximum atomic E-state index is 11.0. The molecule has 0 bridgehead atoms. The van der Waals surface area contributed by atoms with E-state index >= 15 is 0 Å². The second kappa shape index (κ2) is 22.2. The Labute approximate surface area is 353 Å². The lowest BCUT2D eigenvalue weighted by Crippen LogP contribution is -2.38. The van der Waals surface area contributed by atoms with E-state index in [-0.39, 0.29) is 24.1 Å². The van der Waals surface area contributed by atoms with Crippen LogP contribution in [0.1, 0.15) is 83.6 Å². The van der Waals surface area contributed by atoms with Gasteiger partial charge < -0.3 is 35.4 Å². The van der Waals surface area contributed by atoms with Crippen molar-refractivity contribution in [1.29, 1.82) is 0 Å². The summed E-state index contributed by atoms with van der Waals surface area (Å²) < 4.78 is 14.5. The molecule has 4 heterocycles. The summed E-state index contributed by atoms with van der Waals surface area (Å²) in [7, 11) is 0. The molecule has 2 aromatic heterocycles. The van der Waals surface area contributed by atoms with Gasteiger partial charge in [-0.3, -0.25) is 0 Å². The quantitative estimate of drug-likeness (QED) is 0.0789. The summed E-state index contributed by atoms with van der Waals surface area (Å²) in [5, 5.41) is 20.5. The van der Waals surface area contributed by atoms with Crippen LogP contribution in [0.25, 0.3) is 5.65 Å². The van der Waals surface area contributed by atoms with Crippen LogP contribution < -0.4 is 11.1 Å². The molecule has 12 heteroatoms. The first-order chi connectivity index (χ1) is 29.5. The Kier molecular flexibility index (Phi) is 15.8. The molecule has 0 atom stereocenters. The number of hydrogen-bond donors (Lipinski definition) is 3. The molecule has 0 aliphatic carbocycles. The molecule has 314 valence electrons. The Balaban J connectivity index is 0.000000197. The highest BCUT2D eigenvalue weighted by Crippen LogP contribution is 2.31. The number of nitrogens with two attached hydrogens (primary N) is 1. The molecular weight excluding hydrogens is 753 g/mol. The minimum absolute atomic E-state index is 0.0213. The predicted octanol–water partition coefficient (Wildman–Crippen LogP) is 7.50. The minimum Gasteiger partial charge on any atom is -0.475 e. The van der Waals surface area contributed by atoms with Gasteiger partial charge in [0.25, 0.3) is 5.82 Å². The van der Waals surface area contributed by atoms with Crippen LogP contribution in [0.4, 0.5) is 5.82 Å². The summed E-state index contributed by atoms with van der Waals surface area (Å²) in [5.41, 5.74) is 10.9. The zero-order valence-electron chi connectivity index (χ0n) is 34.3. The second-order valence-electron chi connectivity index (χ2n) is 15.5. The van der Waals surface area contributed by atoms with Crippen molar-refractivity contribution in [2.24, 2.45) is 5.73 Å². The number of fused-ring (bicyclic) bond motifs is 1. The molecule has 2 aliphatic rings. The van der Waals surface area contributed by atoms with Gasteiger partial charge in [-0.05, 0) is 92.5 Å². The molecule has 4 aromatic carbocycles. The number of aromatic carboxylic acids is 1. The highest BCUT2D eigenvalue weighted by atomic mass is 16.5. The molecule has 8 rings (SSSR count). The first-order valence-corrected chi connectivity index (χ1v) is 21.4. The van der Waals surface area contributed by atoms with Gasteiger partial charge in [-0.15, -0.1) is 14.8 Å². The molecule has 6 aromatic rings. The largest absolute Gasteiger partial charge is 0.475 e. The summed E-state index contributed by atoms with van der Waals surface area (Å²) in [6.07, 6.45) is 6.81. The highest BCUT2D eigenvalue weighted by Gasteiger charge is 2.26. The third-order valence-electron chi connectivity index (χ3n) is 11.2. The zero-order valence-corrected chi connectivity index (χ0v) is 34.3. The second-order valence-corrected chi connectivity index (χ2v) is 15.5. The first kappa shape index (κ1) is 42.6. The molecule has 60 heavy (non-hydrogen) atoms. The lowest BCUT2D eigenvalue weighted by Gasteiger charge is -2.34. The van der Waals surface area contributed by atoms with Crippen LogP contribution in [0.5, 0.6) is 0 Å². The van der Waals surface area contributed by atoms with Gasteiger partial charge in [-0.1, -0.05) is 121 Å². The maximum absolute atomic E-state index is 11.0. The van der Waals surface area contributed by atoms with E-state index < -0.39 is 5.97 Å². The number of hydrogen-bond acceptors (Lipinski definition) is 10. The Bertz CT molecular complexity index is 2060. The zero-order chi connectivity index (χ0) is 41.4. The Hall–Kier alpha value is -5.50. The lowest BCUT2D eigenvalue weighted by atomic mass is 10.00. The van der Waals surface area contributed by atoms with E-state index in [0.717, 1.165) is 90.9 Å². The number of piperidine rings is 2. The highest BCUT2D eigenvalue weighted by molar-refractivity contribution is 5.83. The molecule has 2 fully saturated rings. The lowest BCUT2D eigenvalue weighted by molar-refractivity contribution is -0.0270. The number of nitrogens with one attached hydrogen (secondary N) is 1. The smallest absolute Gasteiger partial charge is 0.375 e. The monoisotopic (exact) mass is 810 g/mol. The number of carboxylic acid groups (broad SMARTS) is 1. The third-order valence-corrected chi connectivity index (χ3v) is 11.2. The molecule has 4 N–H and O–H groups in total. The molecule has 0 radical (unpaired) electrons. The maximum Gasteiger partial charge on any atom is 0.375 e. The number of ether oxygens (including phenoxy) is 2. The van der Waals surface area contributed by atoms with Gasteiger partial charge in [0.1, 0.15) is 18.0 Å². The van der Waals surface area contributed by atoms with E-state index in [1.165, 1.54) is 26.9 Å². The van der Waals surface area contributed by atoms with Crippen LogP contribution in [-0.4, -0.2) is 105 Å². The fraction of sp³-hybridized carbons (Fsp3) is 0.375. The number of nitrogens with zero attached hydrogens (tertiary/aromatic N) is 6. The van der Waals surface area contributed by atoms with Gasteiger partial charge in [-0.2, -0.15) is 4.98 Å². The number of carbonyl (C=O) groups is 1. The van der Waals surface area contributed by atoms with Gasteiger partial charge in [0.2, 0.25) is 0 Å². The molecule has 0 saturated carbocycles. The van der Waals surface area contributed by atoms with Crippen LogP contribution in [0.15, 0.2) is 133 Å². The minimum atomic E-state index is -1.17. The summed E-state index contributed by atoms with van der Waals surface area (Å²) >= 11 is 0. The van der Waals surface area contributed by atoms with Crippen LogP contribution in [-0.2, 0) is 9.47 Å². The van der Waals surface area contributed by atoms with Crippen molar-refractivity contribution in [2.75, 3.05) is 57.7 Å². The number of carboxylic acids is 1. The summed E-state index contributed by atoms with van der Waals surface area (Å²) in [4.78, 5) is 19.9. The van der Waals surface area contributed by atoms with Crippen molar-refractivity contribution in [1.82, 2.24) is 29.6 Å². The van der Waals surface area contributed by atoms with Crippen molar-refractivity contribution in [3.8, 4) is 0 Å². The summed E-state index contributed by atoms with van der Waals surface area (Å²) in [6, 6.07) is 45.5. The van der Waals surface area contributed by atoms with Crippen molar-refractivity contribution >= 4 is 17.4 Å². The average molecular weight is 811 g/mol. The van der Waals surface area contributed by atoms with Crippen molar-refractivity contribution in [2.45, 2.75) is 62.9 Å². The number of benzene rings is 4. The van der Waals surface area contributed by atoms with E-state index in [1.807, 2.05) is 12.1 Å². The number of likely N-dealkylation sites (tertiary alicyclic amines) is 2. The van der Waals surface area contributed by atoms with Gasteiger partial charge in [0.05, 0.1) is 12.2 Å². The number of rotatable bonds is 17. The number of anilines is 1. The van der Waals surface area contributed by atoms with Gasteiger partial charge >= 0.3 is 5.97 Å². The summed E-state index contributed by atoms with van der Waals surface area (Å²) in [6.45, 7) is 7.91. The van der Waals surface area contributed by atoms with Crippen molar-refractivity contribution in [3.05, 3.63) is 162 Å². The van der Waals surface area contributed by atoms with E-state index in [1.54, 1.807) is 12.1 Å². The third kappa shape index (κ3) is 12.3. The average Bonchev–Trinajstić information content (AvgIpc) is 3.75. The normalized spacial score (nSPS) is 15.6. The number of aromatic nitrogens is 4. The first-order valence-electron chi connectivity index (χ1n) is 21.4.